The highest BCUT2D eigenvalue weighted by Crippen LogP contribution is 2.47. The van der Waals surface area contributed by atoms with E-state index in [1.807, 2.05) is 49.4 Å². The number of likely N-dealkylation sites (tertiary alicyclic amines) is 1. The van der Waals surface area contributed by atoms with Crippen LogP contribution in [-0.4, -0.2) is 51.3 Å². The van der Waals surface area contributed by atoms with E-state index in [0.717, 1.165) is 40.7 Å². The molecule has 2 aromatic carbocycles. The van der Waals surface area contributed by atoms with Crippen molar-refractivity contribution in [2.45, 2.75) is 58.5 Å². The number of fused-ring (bicyclic) bond motifs is 1. The zero-order chi connectivity index (χ0) is 27.2. The first kappa shape index (κ1) is 27.8. The number of rotatable bonds is 11. The molecule has 2 aromatic rings. The smallest absolute Gasteiger partial charge is 0.233 e. The number of phenols is 1. The molecular weight excluding hydrogens is 478 g/mol. The maximum Gasteiger partial charge on any atom is 0.233 e. The predicted molar refractivity (Wildman–Crippen MR) is 149 cm³/mol. The van der Waals surface area contributed by atoms with Gasteiger partial charge in [0.05, 0.1) is 24.5 Å². The maximum atomic E-state index is 13.3. The number of carbonyl (C=O) groups is 2. The molecule has 1 saturated heterocycles. The first-order chi connectivity index (χ1) is 18.4. The Hall–Kier alpha value is -3.22. The van der Waals surface area contributed by atoms with Crippen molar-refractivity contribution in [2.75, 3.05) is 13.2 Å². The van der Waals surface area contributed by atoms with Crippen molar-refractivity contribution in [3.63, 3.8) is 0 Å². The zero-order valence-electron chi connectivity index (χ0n) is 22.3. The van der Waals surface area contributed by atoms with Gasteiger partial charge in [0, 0.05) is 12.5 Å². The number of phenolic OH excluding ortho intramolecular Hbond substituents is 1. The number of carbonyl (C=O) groups excluding carboxylic acids is 2. The summed E-state index contributed by atoms with van der Waals surface area (Å²) < 4.78 is 0. The van der Waals surface area contributed by atoms with Gasteiger partial charge in [0.25, 0.3) is 0 Å². The Morgan fingerprint density at radius 1 is 1.05 bits per heavy atom. The van der Waals surface area contributed by atoms with Crippen LogP contribution in [0.25, 0.3) is 11.6 Å². The van der Waals surface area contributed by atoms with E-state index in [1.54, 1.807) is 18.2 Å². The van der Waals surface area contributed by atoms with E-state index >= 15 is 0 Å². The van der Waals surface area contributed by atoms with Gasteiger partial charge < -0.3 is 15.3 Å². The molecule has 1 aliphatic carbocycles. The summed E-state index contributed by atoms with van der Waals surface area (Å²) in [6.07, 6.45) is 4.90. The standard InChI is InChI=1S/C32H39NO5/c1-3-9-24-19-26-30(32(38)33(16-4-2)31(26)37)27(20-34)29(24)28(36)15-14-23(22-11-6-5-7-12-22)17-21-10-8-13-25(35)18-21/h5-8,10-13,17-18,26-28,30,34-36H,3-4,9,14-16,19-20H2,1-2H3/b23-17-/t26-,27+,28-,30-/m1/s1. The second-order valence-electron chi connectivity index (χ2n) is 10.4. The number of hydrogen-bond acceptors (Lipinski definition) is 5. The third-order valence-electron chi connectivity index (χ3n) is 7.87. The van der Waals surface area contributed by atoms with Gasteiger partial charge in [-0.1, -0.05) is 74.4 Å². The molecule has 1 heterocycles. The number of hydrogen-bond donors (Lipinski definition) is 3. The largest absolute Gasteiger partial charge is 0.508 e. The van der Waals surface area contributed by atoms with Gasteiger partial charge in [0.15, 0.2) is 0 Å². The number of imide groups is 1. The van der Waals surface area contributed by atoms with Crippen molar-refractivity contribution >= 4 is 23.5 Å². The average molecular weight is 518 g/mol. The Bertz CT molecular complexity index is 1200. The number of amides is 2. The van der Waals surface area contributed by atoms with Gasteiger partial charge in [-0.15, -0.1) is 0 Å². The molecule has 0 spiro atoms. The summed E-state index contributed by atoms with van der Waals surface area (Å²) in [5.41, 5.74) is 4.67. The van der Waals surface area contributed by atoms with E-state index in [2.05, 4.69) is 6.92 Å². The average Bonchev–Trinajstić information content (AvgIpc) is 3.15. The summed E-state index contributed by atoms with van der Waals surface area (Å²) in [6.45, 7) is 4.12. The summed E-state index contributed by atoms with van der Waals surface area (Å²) >= 11 is 0. The molecular formula is C32H39NO5. The van der Waals surface area contributed by atoms with E-state index in [4.69, 9.17) is 0 Å². The Morgan fingerprint density at radius 3 is 2.47 bits per heavy atom. The number of nitrogens with zero attached hydrogens (tertiary/aromatic N) is 1. The Morgan fingerprint density at radius 2 is 1.82 bits per heavy atom. The third kappa shape index (κ3) is 5.77. The van der Waals surface area contributed by atoms with Crippen molar-refractivity contribution in [1.29, 1.82) is 0 Å². The maximum absolute atomic E-state index is 13.3. The van der Waals surface area contributed by atoms with Crippen molar-refractivity contribution in [2.24, 2.45) is 17.8 Å². The predicted octanol–water partition coefficient (Wildman–Crippen LogP) is 5.19. The molecule has 0 unspecified atom stereocenters. The number of benzene rings is 2. The molecule has 3 N–H and O–H groups in total. The second kappa shape index (κ2) is 12.5. The molecule has 6 heteroatoms. The highest BCUT2D eigenvalue weighted by Gasteiger charge is 2.54. The fourth-order valence-corrected chi connectivity index (χ4v) is 6.22. The van der Waals surface area contributed by atoms with Gasteiger partial charge >= 0.3 is 0 Å². The van der Waals surface area contributed by atoms with Gasteiger partial charge in [-0.2, -0.15) is 0 Å². The fourth-order valence-electron chi connectivity index (χ4n) is 6.22. The molecule has 0 saturated carbocycles. The number of aliphatic hydroxyl groups is 2. The van der Waals surface area contributed by atoms with Crippen molar-refractivity contribution in [1.82, 2.24) is 4.90 Å². The lowest BCUT2D eigenvalue weighted by molar-refractivity contribution is -0.140. The first-order valence-electron chi connectivity index (χ1n) is 13.8. The minimum Gasteiger partial charge on any atom is -0.508 e. The summed E-state index contributed by atoms with van der Waals surface area (Å²) in [6, 6.07) is 17.0. The van der Waals surface area contributed by atoms with Crippen LogP contribution in [0.15, 0.2) is 65.7 Å². The van der Waals surface area contributed by atoms with Gasteiger partial charge in [-0.3, -0.25) is 14.5 Å². The van der Waals surface area contributed by atoms with E-state index in [-0.39, 0.29) is 24.2 Å². The molecule has 0 radical (unpaired) electrons. The van der Waals surface area contributed by atoms with Crippen LogP contribution in [0.1, 0.15) is 63.5 Å². The molecule has 1 fully saturated rings. The van der Waals surface area contributed by atoms with E-state index in [1.165, 1.54) is 4.90 Å². The molecule has 4 atom stereocenters. The lowest BCUT2D eigenvalue weighted by atomic mass is 9.67. The van der Waals surface area contributed by atoms with Crippen LogP contribution in [0, 0.1) is 17.8 Å². The van der Waals surface area contributed by atoms with E-state index < -0.39 is 23.9 Å². The van der Waals surface area contributed by atoms with Crippen molar-refractivity contribution in [3.8, 4) is 5.75 Å². The van der Waals surface area contributed by atoms with Gasteiger partial charge in [-0.25, -0.2) is 0 Å². The molecule has 38 heavy (non-hydrogen) atoms. The van der Waals surface area contributed by atoms with Crippen LogP contribution < -0.4 is 0 Å². The summed E-state index contributed by atoms with van der Waals surface area (Å²) in [5, 5.41) is 32.0. The SMILES string of the molecule is CCCC1=C([C@H](O)CC/C(=C/c2cccc(O)c2)c2ccccc2)[C@H](CO)[C@@H]2C(=O)N(CCC)C(=O)[C@@H]2C1. The molecule has 2 amide bonds. The quantitative estimate of drug-likeness (QED) is 0.216. The van der Waals surface area contributed by atoms with Gasteiger partial charge in [-0.05, 0) is 66.5 Å². The highest BCUT2D eigenvalue weighted by molar-refractivity contribution is 6.05. The Balaban J connectivity index is 1.63. The van der Waals surface area contributed by atoms with Gasteiger partial charge in [0.1, 0.15) is 5.75 Å². The van der Waals surface area contributed by atoms with E-state index in [0.29, 0.717) is 32.2 Å². The minimum absolute atomic E-state index is 0.136. The molecule has 6 nitrogen and oxygen atoms in total. The lowest BCUT2D eigenvalue weighted by Crippen LogP contribution is -2.39. The second-order valence-corrected chi connectivity index (χ2v) is 10.4. The minimum atomic E-state index is -0.839. The monoisotopic (exact) mass is 517 g/mol. The van der Waals surface area contributed by atoms with Crippen LogP contribution in [-0.2, 0) is 9.59 Å². The summed E-state index contributed by atoms with van der Waals surface area (Å²) in [7, 11) is 0. The van der Waals surface area contributed by atoms with Crippen molar-refractivity contribution < 1.29 is 24.9 Å². The zero-order valence-corrected chi connectivity index (χ0v) is 22.3. The third-order valence-corrected chi connectivity index (χ3v) is 7.87. The highest BCUT2D eigenvalue weighted by atomic mass is 16.3. The number of aromatic hydroxyl groups is 1. The number of aliphatic hydroxyl groups excluding tert-OH is 2. The fraction of sp³-hybridized carbons (Fsp3) is 0.438. The molecule has 0 bridgehead atoms. The lowest BCUT2D eigenvalue weighted by Gasteiger charge is -2.36. The van der Waals surface area contributed by atoms with Crippen LogP contribution in [0.4, 0.5) is 0 Å². The number of allylic oxidation sites excluding steroid dienone is 2. The molecule has 2 aliphatic rings. The topological polar surface area (TPSA) is 98.1 Å². The Labute approximate surface area is 225 Å². The molecule has 0 aromatic heterocycles. The van der Waals surface area contributed by atoms with E-state index in [9.17, 15) is 24.9 Å². The van der Waals surface area contributed by atoms with Gasteiger partial charge in [0.2, 0.25) is 11.8 Å². The van der Waals surface area contributed by atoms with Crippen LogP contribution in [0.2, 0.25) is 0 Å². The molecule has 202 valence electrons. The Kier molecular flexibility index (Phi) is 9.18. The van der Waals surface area contributed by atoms with Crippen LogP contribution in [0.3, 0.4) is 0 Å². The normalized spacial score (nSPS) is 22.7. The first-order valence-corrected chi connectivity index (χ1v) is 13.8. The summed E-state index contributed by atoms with van der Waals surface area (Å²) in [4.78, 5) is 27.8. The molecule has 1 aliphatic heterocycles. The van der Waals surface area contributed by atoms with Crippen molar-refractivity contribution in [3.05, 3.63) is 76.9 Å². The molecule has 4 rings (SSSR count). The van der Waals surface area contributed by atoms with Crippen LogP contribution >= 0.6 is 0 Å². The summed E-state index contributed by atoms with van der Waals surface area (Å²) in [5.74, 6) is -1.78. The van der Waals surface area contributed by atoms with Crippen LogP contribution in [0.5, 0.6) is 5.75 Å².